The van der Waals surface area contributed by atoms with Gasteiger partial charge in [-0.3, -0.25) is 4.79 Å². The Hall–Kier alpha value is -2.35. The molecule has 2 unspecified atom stereocenters. The molecule has 0 amide bonds. The molecule has 680 valence electrons. The summed E-state index contributed by atoms with van der Waals surface area (Å²) < 4.78 is 94.2. The van der Waals surface area contributed by atoms with E-state index in [9.17, 15) is 123 Å². The van der Waals surface area contributed by atoms with Gasteiger partial charge in [-0.2, -0.15) is 0 Å². The van der Waals surface area contributed by atoms with E-state index in [1.807, 2.05) is 6.92 Å². The normalized spacial score (nSPS) is 55.0. The predicted octanol–water partition coefficient (Wildman–Crippen LogP) is -9.07. The summed E-state index contributed by atoms with van der Waals surface area (Å²) in [6.45, 7) is 11.0. The third-order valence-electron chi connectivity index (χ3n) is 29.5. The van der Waals surface area contributed by atoms with E-state index < -0.39 is 306 Å². The Morgan fingerprint density at radius 3 is 1.39 bits per heavy atom. The summed E-state index contributed by atoms with van der Waals surface area (Å²) in [4.78, 5) is 15.5. The standard InChI is InChI=1S/C77H126O41/c1-27-40(83)45(88)52(95)65(106-27)115-60-33(21-79)109-63(56(99)50(60)93)104-24-35-43(86)47(90)54(97)68(111-35)114-59-28(2)107-66(58(101)49(59)92)116-61-34(22-80)110-64(57(100)51(61)94)105-25-36-44(87)48(91)55(98)69(112-36)118-71(102)77-17-15-72(3,4)19-30(77)29-9-10-38-73(5)13-12-39(74(6,26-81)37(73)11-14-76(38,8)75(29,7)16-18-77)113-70-62(41(84)31(82)23-103-70)117-67-53(96)46(89)42(85)32(20-78)108-67/h9,27-28,30-70,78-101H,10-26H2,1-8H3/t27-,28-,30?,31-,32+,33+,34+,35+,36+,37?,38+,39-,40-,41-,42+,43+,44+,45+,46-,47-,48-,49-,50+,51+,52+,53+,54+,55+,56+,57+,58+,59-,60+,61+,62+,63+,64+,65-,66-,67-,68-,69-,70-,73-,74-,75+,76+,77-/m0/s1. The van der Waals surface area contributed by atoms with Gasteiger partial charge in [0, 0.05) is 5.41 Å². The average Bonchev–Trinajstić information content (AvgIpc) is 0.672. The summed E-state index contributed by atoms with van der Waals surface area (Å²) in [7, 11) is 0. The van der Waals surface area contributed by atoms with E-state index in [1.165, 1.54) is 13.8 Å². The van der Waals surface area contributed by atoms with Crippen molar-refractivity contribution in [3.8, 4) is 0 Å². The maximum absolute atomic E-state index is 15.5. The summed E-state index contributed by atoms with van der Waals surface area (Å²) >= 11 is 0. The minimum absolute atomic E-state index is 0.0464. The number of fused-ring (bicyclic) bond motifs is 7. The minimum atomic E-state index is -2.11. The third-order valence-corrected chi connectivity index (χ3v) is 29.5. The summed E-state index contributed by atoms with van der Waals surface area (Å²) in [5.74, 6) is -1.16. The van der Waals surface area contributed by atoms with Crippen LogP contribution in [0.15, 0.2) is 11.6 Å². The molecule has 13 aliphatic rings. The SMILES string of the molecule is C[C@@H]1O[C@@H](O[C@H]2[C@H](O)[C@@H](O)[C@H](OC[C@H]3O[C@@H](O[C@@H]4[C@@H](O)[C@@H](O)[C@H](O[C@H]5[C@H](O)[C@@H](O)[C@H](OC[C@H]6O[C@@H](OC(=O)[C@]78CCC(C)(C)CC7C7=CC[C@@H]9[C@@]%10(C)CC[C@H](O[C@@H]%11OC[C@H](O)[C@H](O)[C@H]%11O[C@@H]%11O[C@H](CO)[C@@H](O)[C@H](O)[C@H]%11O)[C@@](C)(CO)C%10CC[C@@]9(C)[C@]7(C)CC8)[C@H](O)[C@@H](O)[C@@H]6O)O[C@@H]5CO)O[C@H]4C)[C@H](O)[C@@H](O)[C@@H]3O)O[C@@H]2CO)[C@H](O)[C@H](O)[C@H]1O. The number of ether oxygens (including phenoxy) is 16. The Morgan fingerprint density at radius 1 is 0.407 bits per heavy atom. The fourth-order valence-electron chi connectivity index (χ4n) is 21.9. The maximum Gasteiger partial charge on any atom is 0.315 e. The first-order chi connectivity index (χ1) is 55.5. The highest BCUT2D eigenvalue weighted by molar-refractivity contribution is 5.79. The van der Waals surface area contributed by atoms with Crippen LogP contribution in [-0.2, 0) is 80.6 Å². The summed E-state index contributed by atoms with van der Waals surface area (Å²) in [5.41, 5.74) is -2.47. The molecule has 0 spiro atoms. The van der Waals surface area contributed by atoms with Crippen LogP contribution in [0.25, 0.3) is 0 Å². The molecule has 0 radical (unpaired) electrons. The Bertz CT molecular complexity index is 3370. The number of carbonyl (C=O) groups excluding carboxylic acids is 1. The monoisotopic (exact) mass is 1710 g/mol. The number of carbonyl (C=O) groups is 1. The zero-order valence-electron chi connectivity index (χ0n) is 67.1. The fraction of sp³-hybridized carbons (Fsp3) is 0.961. The van der Waals surface area contributed by atoms with Gasteiger partial charge in [-0.25, -0.2) is 0 Å². The van der Waals surface area contributed by atoms with Crippen molar-refractivity contribution in [2.75, 3.05) is 46.2 Å². The molecule has 24 N–H and O–H groups in total. The van der Waals surface area contributed by atoms with E-state index in [-0.39, 0.29) is 41.8 Å². The highest BCUT2D eigenvalue weighted by Crippen LogP contribution is 2.76. The van der Waals surface area contributed by atoms with Gasteiger partial charge in [-0.05, 0) is 117 Å². The lowest BCUT2D eigenvalue weighted by atomic mass is 9.33. The van der Waals surface area contributed by atoms with E-state index in [2.05, 4.69) is 40.7 Å². The van der Waals surface area contributed by atoms with Gasteiger partial charge in [-0.15, -0.1) is 0 Å². The number of hydrogen-bond acceptors (Lipinski definition) is 41. The molecule has 118 heavy (non-hydrogen) atoms. The molecule has 41 heteroatoms. The molecule has 0 aromatic rings. The first-order valence-corrected chi connectivity index (χ1v) is 41.2. The molecular weight excluding hydrogens is 1580 g/mol. The van der Waals surface area contributed by atoms with Crippen molar-refractivity contribution >= 4 is 5.97 Å². The van der Waals surface area contributed by atoms with Gasteiger partial charge < -0.3 is 198 Å². The molecule has 13 rings (SSSR count). The van der Waals surface area contributed by atoms with Crippen LogP contribution >= 0.6 is 0 Å². The van der Waals surface area contributed by atoms with Crippen molar-refractivity contribution in [3.05, 3.63) is 11.6 Å². The number of aliphatic hydroxyl groups excluding tert-OH is 24. The first-order valence-electron chi connectivity index (χ1n) is 41.2. The molecule has 5 aliphatic carbocycles. The lowest BCUT2D eigenvalue weighted by Crippen LogP contribution is -2.67. The van der Waals surface area contributed by atoms with Gasteiger partial charge in [0.2, 0.25) is 6.29 Å². The Kier molecular flexibility index (Phi) is 28.5. The largest absolute Gasteiger partial charge is 0.432 e. The quantitative estimate of drug-likeness (QED) is 0.0272. The number of rotatable bonds is 22. The molecule has 8 aliphatic heterocycles. The van der Waals surface area contributed by atoms with Gasteiger partial charge in [0.1, 0.15) is 177 Å². The van der Waals surface area contributed by atoms with Crippen LogP contribution in [0.5, 0.6) is 0 Å². The first kappa shape index (κ1) is 93.3. The van der Waals surface area contributed by atoms with Crippen molar-refractivity contribution in [2.45, 2.75) is 365 Å². The topological polar surface area (TPSA) is 650 Å². The number of hydrogen-bond donors (Lipinski definition) is 24. The van der Waals surface area contributed by atoms with Crippen LogP contribution in [0.3, 0.4) is 0 Å². The molecule has 0 aromatic heterocycles. The van der Waals surface area contributed by atoms with Crippen molar-refractivity contribution in [1.29, 1.82) is 0 Å². The molecule has 0 aromatic carbocycles. The Balaban J connectivity index is 0.619. The second-order valence-electron chi connectivity index (χ2n) is 36.9. The molecule has 48 atom stereocenters. The molecule has 41 nitrogen and oxygen atoms in total. The van der Waals surface area contributed by atoms with Gasteiger partial charge in [0.05, 0.1) is 70.0 Å². The second kappa shape index (κ2) is 36.1. The fourth-order valence-corrected chi connectivity index (χ4v) is 21.9. The van der Waals surface area contributed by atoms with E-state index in [0.29, 0.717) is 64.2 Å². The van der Waals surface area contributed by atoms with Crippen LogP contribution < -0.4 is 0 Å². The molecule has 12 fully saturated rings. The van der Waals surface area contributed by atoms with E-state index in [0.717, 1.165) is 5.57 Å². The van der Waals surface area contributed by atoms with Crippen LogP contribution in [0.1, 0.15) is 120 Å². The summed E-state index contributed by atoms with van der Waals surface area (Å²) in [5, 5.41) is 263. The maximum atomic E-state index is 15.5. The van der Waals surface area contributed by atoms with Gasteiger partial charge in [0.15, 0.2) is 44.0 Å². The smallest absolute Gasteiger partial charge is 0.315 e. The number of allylic oxidation sites excluding steroid dienone is 2. The van der Waals surface area contributed by atoms with E-state index in [1.54, 1.807) is 0 Å². The molecule has 8 saturated heterocycles. The average molecular weight is 1710 g/mol. The lowest BCUT2D eigenvalue weighted by molar-refractivity contribution is -0.381. The van der Waals surface area contributed by atoms with E-state index in [4.69, 9.17) is 75.8 Å². The summed E-state index contributed by atoms with van der Waals surface area (Å²) in [6.07, 6.45) is -61.3. The molecule has 0 bridgehead atoms. The van der Waals surface area contributed by atoms with Crippen molar-refractivity contribution in [3.63, 3.8) is 0 Å². The van der Waals surface area contributed by atoms with Crippen LogP contribution in [0.4, 0.5) is 0 Å². The zero-order chi connectivity index (χ0) is 86.0. The zero-order valence-corrected chi connectivity index (χ0v) is 67.1. The van der Waals surface area contributed by atoms with Gasteiger partial charge in [-0.1, -0.05) is 53.2 Å². The van der Waals surface area contributed by atoms with E-state index >= 15 is 4.79 Å². The molecule has 4 saturated carbocycles. The third kappa shape index (κ3) is 16.6. The van der Waals surface area contributed by atoms with Crippen LogP contribution in [0.2, 0.25) is 0 Å². The van der Waals surface area contributed by atoms with Crippen LogP contribution in [-0.4, -0.2) is 420 Å². The minimum Gasteiger partial charge on any atom is -0.432 e. The van der Waals surface area contributed by atoms with Crippen molar-refractivity contribution < 1.29 is 203 Å². The number of esters is 1. The van der Waals surface area contributed by atoms with Crippen molar-refractivity contribution in [1.82, 2.24) is 0 Å². The molecular formula is C77H126O41. The second-order valence-corrected chi connectivity index (χ2v) is 36.9. The lowest BCUT2D eigenvalue weighted by Gasteiger charge is -2.71. The van der Waals surface area contributed by atoms with Crippen molar-refractivity contribution in [2.24, 2.45) is 50.2 Å². The Morgan fingerprint density at radius 2 is 0.847 bits per heavy atom. The van der Waals surface area contributed by atoms with Crippen LogP contribution in [0, 0.1) is 50.2 Å². The molecule has 8 heterocycles. The number of aliphatic hydroxyl groups is 24. The predicted molar refractivity (Wildman–Crippen MR) is 386 cm³/mol. The highest BCUT2D eigenvalue weighted by Gasteiger charge is 2.71. The van der Waals surface area contributed by atoms with Gasteiger partial charge >= 0.3 is 5.97 Å². The van der Waals surface area contributed by atoms with Gasteiger partial charge in [0.25, 0.3) is 0 Å². The highest BCUT2D eigenvalue weighted by atomic mass is 16.8. The summed E-state index contributed by atoms with van der Waals surface area (Å²) in [6, 6.07) is 0. The Labute approximate surface area is 680 Å².